The molecule has 1 aromatic carbocycles. The Bertz CT molecular complexity index is 409. The average Bonchev–Trinajstić information content (AvgIpc) is 2.60. The van der Waals surface area contributed by atoms with Gasteiger partial charge in [-0.15, -0.1) is 0 Å². The van der Waals surface area contributed by atoms with Crippen molar-refractivity contribution in [2.24, 2.45) is 5.92 Å². The third kappa shape index (κ3) is 1.84. The molecule has 1 aromatic rings. The second-order valence-electron chi connectivity index (χ2n) is 4.65. The SMILES string of the molecule is COc1ccc(C)cc1C1CCC(=O)C1C. The summed E-state index contributed by atoms with van der Waals surface area (Å²) in [5, 5.41) is 0. The van der Waals surface area contributed by atoms with Crippen LogP contribution in [0.2, 0.25) is 0 Å². The van der Waals surface area contributed by atoms with Gasteiger partial charge in [-0.3, -0.25) is 4.79 Å². The molecular formula is C14H18O2. The molecule has 0 N–H and O–H groups in total. The third-order valence-corrected chi connectivity index (χ3v) is 3.60. The fraction of sp³-hybridized carbons (Fsp3) is 0.500. The Labute approximate surface area is 96.6 Å². The van der Waals surface area contributed by atoms with E-state index in [1.54, 1.807) is 7.11 Å². The van der Waals surface area contributed by atoms with Crippen molar-refractivity contribution >= 4 is 5.78 Å². The van der Waals surface area contributed by atoms with Crippen LogP contribution in [0.15, 0.2) is 18.2 Å². The lowest BCUT2D eigenvalue weighted by Crippen LogP contribution is -2.10. The van der Waals surface area contributed by atoms with Gasteiger partial charge in [0.15, 0.2) is 0 Å². The minimum absolute atomic E-state index is 0.135. The number of benzene rings is 1. The number of ether oxygens (including phenoxy) is 1. The molecule has 16 heavy (non-hydrogen) atoms. The van der Waals surface area contributed by atoms with Crippen LogP contribution in [0.5, 0.6) is 5.75 Å². The highest BCUT2D eigenvalue weighted by Gasteiger charge is 2.33. The van der Waals surface area contributed by atoms with E-state index in [0.29, 0.717) is 18.1 Å². The van der Waals surface area contributed by atoms with E-state index in [9.17, 15) is 4.79 Å². The van der Waals surface area contributed by atoms with E-state index >= 15 is 0 Å². The van der Waals surface area contributed by atoms with Crippen LogP contribution in [-0.2, 0) is 4.79 Å². The monoisotopic (exact) mass is 218 g/mol. The Kier molecular flexibility index (Phi) is 2.99. The predicted molar refractivity (Wildman–Crippen MR) is 63.9 cm³/mol. The molecule has 1 saturated carbocycles. The van der Waals surface area contributed by atoms with Gasteiger partial charge in [-0.1, -0.05) is 24.6 Å². The quantitative estimate of drug-likeness (QED) is 0.762. The van der Waals surface area contributed by atoms with E-state index in [-0.39, 0.29) is 5.92 Å². The van der Waals surface area contributed by atoms with Crippen molar-refractivity contribution in [2.75, 3.05) is 7.11 Å². The largest absolute Gasteiger partial charge is 0.496 e. The summed E-state index contributed by atoms with van der Waals surface area (Å²) in [6.07, 6.45) is 1.67. The summed E-state index contributed by atoms with van der Waals surface area (Å²) < 4.78 is 5.39. The molecule has 0 heterocycles. The summed E-state index contributed by atoms with van der Waals surface area (Å²) >= 11 is 0. The normalized spacial score (nSPS) is 24.8. The number of hydrogen-bond acceptors (Lipinski definition) is 2. The van der Waals surface area contributed by atoms with Crippen molar-refractivity contribution < 1.29 is 9.53 Å². The summed E-state index contributed by atoms with van der Waals surface area (Å²) in [4.78, 5) is 11.6. The first-order valence-electron chi connectivity index (χ1n) is 5.80. The Hall–Kier alpha value is -1.31. The van der Waals surface area contributed by atoms with Gasteiger partial charge < -0.3 is 4.74 Å². The molecular weight excluding hydrogens is 200 g/mol. The van der Waals surface area contributed by atoms with Gasteiger partial charge >= 0.3 is 0 Å². The molecule has 1 aliphatic rings. The molecule has 0 radical (unpaired) electrons. The molecule has 2 rings (SSSR count). The van der Waals surface area contributed by atoms with Crippen LogP contribution in [-0.4, -0.2) is 12.9 Å². The molecule has 2 heteroatoms. The lowest BCUT2D eigenvalue weighted by molar-refractivity contribution is -0.120. The Morgan fingerprint density at radius 3 is 2.69 bits per heavy atom. The van der Waals surface area contributed by atoms with E-state index < -0.39 is 0 Å². The van der Waals surface area contributed by atoms with Gasteiger partial charge in [0.1, 0.15) is 11.5 Å². The predicted octanol–water partition coefficient (Wildman–Crippen LogP) is 3.09. The zero-order valence-electron chi connectivity index (χ0n) is 10.1. The molecule has 0 bridgehead atoms. The molecule has 1 fully saturated rings. The second kappa shape index (κ2) is 4.28. The summed E-state index contributed by atoms with van der Waals surface area (Å²) in [5.74, 6) is 1.77. The molecule has 86 valence electrons. The molecule has 1 aliphatic carbocycles. The van der Waals surface area contributed by atoms with Crippen molar-refractivity contribution in [3.63, 3.8) is 0 Å². The van der Waals surface area contributed by atoms with E-state index in [1.807, 2.05) is 19.1 Å². The van der Waals surface area contributed by atoms with Crippen LogP contribution in [0.1, 0.15) is 36.8 Å². The number of aryl methyl sites for hydroxylation is 1. The summed E-state index contributed by atoms with van der Waals surface area (Å²) in [6.45, 7) is 4.10. The maximum absolute atomic E-state index is 11.6. The highest BCUT2D eigenvalue weighted by atomic mass is 16.5. The molecule has 0 saturated heterocycles. The zero-order valence-corrected chi connectivity index (χ0v) is 10.1. The standard InChI is InChI=1S/C14H18O2/c1-9-4-7-14(16-3)12(8-9)11-5-6-13(15)10(11)2/h4,7-8,10-11H,5-6H2,1-3H3. The first kappa shape index (κ1) is 11.2. The number of hydrogen-bond donors (Lipinski definition) is 0. The third-order valence-electron chi connectivity index (χ3n) is 3.60. The fourth-order valence-electron chi connectivity index (χ4n) is 2.57. The number of carbonyl (C=O) groups is 1. The zero-order chi connectivity index (χ0) is 11.7. The molecule has 2 nitrogen and oxygen atoms in total. The maximum Gasteiger partial charge on any atom is 0.136 e. The molecule has 0 spiro atoms. The van der Waals surface area contributed by atoms with E-state index in [0.717, 1.165) is 12.2 Å². The summed E-state index contributed by atoms with van der Waals surface area (Å²) in [6, 6.07) is 6.20. The van der Waals surface area contributed by atoms with Crippen molar-refractivity contribution in [3.05, 3.63) is 29.3 Å². The lowest BCUT2D eigenvalue weighted by atomic mass is 9.88. The molecule has 0 amide bonds. The summed E-state index contributed by atoms with van der Waals surface area (Å²) in [5.41, 5.74) is 2.42. The Morgan fingerprint density at radius 2 is 2.12 bits per heavy atom. The van der Waals surface area contributed by atoms with Crippen LogP contribution in [0.4, 0.5) is 0 Å². The minimum atomic E-state index is 0.135. The van der Waals surface area contributed by atoms with Crippen LogP contribution in [0, 0.1) is 12.8 Å². The van der Waals surface area contributed by atoms with E-state index in [4.69, 9.17) is 4.74 Å². The first-order valence-corrected chi connectivity index (χ1v) is 5.80. The van der Waals surface area contributed by atoms with Crippen LogP contribution in [0.25, 0.3) is 0 Å². The highest BCUT2D eigenvalue weighted by molar-refractivity contribution is 5.84. The summed E-state index contributed by atoms with van der Waals surface area (Å²) in [7, 11) is 1.69. The Balaban J connectivity index is 2.39. The van der Waals surface area contributed by atoms with Crippen LogP contribution >= 0.6 is 0 Å². The topological polar surface area (TPSA) is 26.3 Å². The fourth-order valence-corrected chi connectivity index (χ4v) is 2.57. The number of carbonyl (C=O) groups excluding carboxylic acids is 1. The molecule has 0 aliphatic heterocycles. The molecule has 2 unspecified atom stereocenters. The second-order valence-corrected chi connectivity index (χ2v) is 4.65. The van der Waals surface area contributed by atoms with Crippen molar-refractivity contribution in [2.45, 2.75) is 32.6 Å². The minimum Gasteiger partial charge on any atom is -0.496 e. The van der Waals surface area contributed by atoms with Crippen molar-refractivity contribution in [1.29, 1.82) is 0 Å². The van der Waals surface area contributed by atoms with Gasteiger partial charge in [0.05, 0.1) is 7.11 Å². The van der Waals surface area contributed by atoms with Gasteiger partial charge in [-0.2, -0.15) is 0 Å². The highest BCUT2D eigenvalue weighted by Crippen LogP contribution is 2.41. The number of methoxy groups -OCH3 is 1. The van der Waals surface area contributed by atoms with Gasteiger partial charge in [-0.05, 0) is 30.9 Å². The van der Waals surface area contributed by atoms with E-state index in [1.165, 1.54) is 11.1 Å². The van der Waals surface area contributed by atoms with E-state index in [2.05, 4.69) is 13.0 Å². The molecule has 0 aromatic heterocycles. The first-order chi connectivity index (χ1) is 7.63. The van der Waals surface area contributed by atoms with Gasteiger partial charge in [0.25, 0.3) is 0 Å². The number of ketones is 1. The van der Waals surface area contributed by atoms with Crippen LogP contribution < -0.4 is 4.74 Å². The van der Waals surface area contributed by atoms with Gasteiger partial charge in [0, 0.05) is 12.3 Å². The average molecular weight is 218 g/mol. The number of rotatable bonds is 2. The number of Topliss-reactive ketones (excluding diaryl/α,β-unsaturated/α-hetero) is 1. The van der Waals surface area contributed by atoms with Crippen molar-refractivity contribution in [3.8, 4) is 5.75 Å². The van der Waals surface area contributed by atoms with Gasteiger partial charge in [0.2, 0.25) is 0 Å². The smallest absolute Gasteiger partial charge is 0.136 e. The van der Waals surface area contributed by atoms with Crippen molar-refractivity contribution in [1.82, 2.24) is 0 Å². The molecule has 2 atom stereocenters. The Morgan fingerprint density at radius 1 is 1.38 bits per heavy atom. The van der Waals surface area contributed by atoms with Gasteiger partial charge in [-0.25, -0.2) is 0 Å². The lowest BCUT2D eigenvalue weighted by Gasteiger charge is -2.18. The maximum atomic E-state index is 11.6. The van der Waals surface area contributed by atoms with Crippen LogP contribution in [0.3, 0.4) is 0 Å².